The van der Waals surface area contributed by atoms with Gasteiger partial charge in [0.2, 0.25) is 0 Å². The van der Waals surface area contributed by atoms with Gasteiger partial charge in [0.15, 0.2) is 0 Å². The van der Waals surface area contributed by atoms with Crippen molar-refractivity contribution in [2.45, 2.75) is 24.8 Å². The predicted molar refractivity (Wildman–Crippen MR) is 70.5 cm³/mol. The Kier molecular flexibility index (Phi) is 3.75. The van der Waals surface area contributed by atoms with E-state index in [1.807, 2.05) is 0 Å². The third-order valence-corrected chi connectivity index (χ3v) is 3.64. The molecular formula is C12H12BrFN2O3. The molecule has 0 aromatic heterocycles. The molecule has 1 aromatic carbocycles. The highest BCUT2D eigenvalue weighted by Crippen LogP contribution is 2.32. The summed E-state index contributed by atoms with van der Waals surface area (Å²) in [6.07, 6.45) is 1.52. The van der Waals surface area contributed by atoms with Crippen LogP contribution in [0.25, 0.3) is 0 Å². The number of halogens is 2. The van der Waals surface area contributed by atoms with E-state index in [0.717, 1.165) is 6.42 Å². The van der Waals surface area contributed by atoms with Gasteiger partial charge in [-0.3, -0.25) is 0 Å². The average Bonchev–Trinajstić information content (AvgIpc) is 2.28. The normalized spacial score (nSPS) is 16.3. The lowest BCUT2D eigenvalue weighted by Crippen LogP contribution is -2.60. The highest BCUT2D eigenvalue weighted by molar-refractivity contribution is 9.10. The first-order valence-corrected chi connectivity index (χ1v) is 6.50. The predicted octanol–water partition coefficient (Wildman–Crippen LogP) is 2.72. The molecule has 1 fully saturated rings. The lowest BCUT2D eigenvalue weighted by atomic mass is 9.77. The van der Waals surface area contributed by atoms with Crippen LogP contribution in [-0.2, 0) is 4.79 Å². The van der Waals surface area contributed by atoms with Gasteiger partial charge in [-0.1, -0.05) is 15.9 Å². The molecule has 0 unspecified atom stereocenters. The molecule has 5 nitrogen and oxygen atoms in total. The lowest BCUT2D eigenvalue weighted by molar-refractivity contribution is -0.148. The largest absolute Gasteiger partial charge is 0.480 e. The summed E-state index contributed by atoms with van der Waals surface area (Å²) in [5.41, 5.74) is -1.22. The number of amides is 2. The monoisotopic (exact) mass is 330 g/mol. The highest BCUT2D eigenvalue weighted by Gasteiger charge is 2.45. The fraction of sp³-hybridized carbons (Fsp3) is 0.333. The first-order chi connectivity index (χ1) is 8.93. The Balaban J connectivity index is 2.05. The van der Waals surface area contributed by atoms with Crippen LogP contribution >= 0.6 is 15.9 Å². The van der Waals surface area contributed by atoms with Gasteiger partial charge in [0.1, 0.15) is 11.4 Å². The molecule has 0 radical (unpaired) electrons. The number of anilines is 1. The SMILES string of the molecule is O=C(Nc1cc(Br)ccc1F)NC1(C(=O)O)CCC1. The van der Waals surface area contributed by atoms with E-state index in [9.17, 15) is 14.0 Å². The number of urea groups is 1. The van der Waals surface area contributed by atoms with Gasteiger partial charge in [-0.2, -0.15) is 0 Å². The maximum absolute atomic E-state index is 13.4. The zero-order chi connectivity index (χ0) is 14.0. The number of carboxylic acid groups (broad SMARTS) is 1. The van der Waals surface area contributed by atoms with Crippen LogP contribution in [0.1, 0.15) is 19.3 Å². The summed E-state index contributed by atoms with van der Waals surface area (Å²) < 4.78 is 14.0. The summed E-state index contributed by atoms with van der Waals surface area (Å²) in [5, 5.41) is 13.8. The smallest absolute Gasteiger partial charge is 0.329 e. The van der Waals surface area contributed by atoms with Gasteiger partial charge in [-0.05, 0) is 37.5 Å². The first kappa shape index (κ1) is 13.8. The zero-order valence-corrected chi connectivity index (χ0v) is 11.5. The Morgan fingerprint density at radius 2 is 2.05 bits per heavy atom. The second-order valence-corrected chi connectivity index (χ2v) is 5.36. The minimum atomic E-state index is -1.22. The Labute approximate surface area is 117 Å². The Hall–Kier alpha value is -1.63. The van der Waals surface area contributed by atoms with Gasteiger partial charge in [-0.15, -0.1) is 0 Å². The van der Waals surface area contributed by atoms with Crippen LogP contribution in [0.5, 0.6) is 0 Å². The maximum Gasteiger partial charge on any atom is 0.329 e. The number of carboxylic acids is 1. The van der Waals surface area contributed by atoms with E-state index >= 15 is 0 Å². The van der Waals surface area contributed by atoms with Crippen molar-refractivity contribution in [3.8, 4) is 0 Å². The molecule has 1 aromatic rings. The quantitative estimate of drug-likeness (QED) is 0.797. The van der Waals surface area contributed by atoms with E-state index in [2.05, 4.69) is 26.6 Å². The molecule has 0 saturated heterocycles. The highest BCUT2D eigenvalue weighted by atomic mass is 79.9. The number of carbonyl (C=O) groups excluding carboxylic acids is 1. The first-order valence-electron chi connectivity index (χ1n) is 5.70. The number of hydrogen-bond acceptors (Lipinski definition) is 2. The summed E-state index contributed by atoms with van der Waals surface area (Å²) in [4.78, 5) is 22.8. The van der Waals surface area contributed by atoms with Crippen molar-refractivity contribution in [1.82, 2.24) is 5.32 Å². The molecule has 2 amide bonds. The summed E-state index contributed by atoms with van der Waals surface area (Å²) in [7, 11) is 0. The van der Waals surface area contributed by atoms with Crippen LogP contribution in [0.2, 0.25) is 0 Å². The standard InChI is InChI=1S/C12H12BrFN2O3/c13-7-2-3-8(14)9(6-7)15-11(19)16-12(10(17)18)4-1-5-12/h2-3,6H,1,4-5H2,(H,17,18)(H2,15,16,19). The van der Waals surface area contributed by atoms with Crippen LogP contribution in [0.15, 0.2) is 22.7 Å². The van der Waals surface area contributed by atoms with Gasteiger partial charge in [-0.25, -0.2) is 14.0 Å². The maximum atomic E-state index is 13.4. The molecule has 7 heteroatoms. The molecule has 102 valence electrons. The van der Waals surface area contributed by atoms with Crippen molar-refractivity contribution in [3.05, 3.63) is 28.5 Å². The van der Waals surface area contributed by atoms with Crippen LogP contribution < -0.4 is 10.6 Å². The molecular weight excluding hydrogens is 319 g/mol. The van der Waals surface area contributed by atoms with E-state index in [0.29, 0.717) is 17.3 Å². The summed E-state index contributed by atoms with van der Waals surface area (Å²) in [6, 6.07) is 3.39. The van der Waals surface area contributed by atoms with Gasteiger partial charge >= 0.3 is 12.0 Å². The van der Waals surface area contributed by atoms with Gasteiger partial charge in [0, 0.05) is 4.47 Å². The summed E-state index contributed by atoms with van der Waals surface area (Å²) in [5.74, 6) is -1.65. The molecule has 0 bridgehead atoms. The molecule has 1 saturated carbocycles. The molecule has 1 aliphatic carbocycles. The fourth-order valence-corrected chi connectivity index (χ4v) is 2.25. The number of carbonyl (C=O) groups is 2. The van der Waals surface area contributed by atoms with Gasteiger partial charge in [0.25, 0.3) is 0 Å². The van der Waals surface area contributed by atoms with E-state index in [4.69, 9.17) is 5.11 Å². The number of aliphatic carboxylic acids is 1. The topological polar surface area (TPSA) is 78.4 Å². The molecule has 2 rings (SSSR count). The Morgan fingerprint density at radius 1 is 1.37 bits per heavy atom. The zero-order valence-electron chi connectivity index (χ0n) is 9.87. The number of nitrogens with one attached hydrogen (secondary N) is 2. The number of rotatable bonds is 3. The van der Waals surface area contributed by atoms with E-state index in [-0.39, 0.29) is 5.69 Å². The number of hydrogen-bond donors (Lipinski definition) is 3. The molecule has 0 spiro atoms. The lowest BCUT2D eigenvalue weighted by Gasteiger charge is -2.38. The van der Waals surface area contributed by atoms with Crippen molar-refractivity contribution >= 4 is 33.6 Å². The van der Waals surface area contributed by atoms with Crippen molar-refractivity contribution in [2.75, 3.05) is 5.32 Å². The minimum Gasteiger partial charge on any atom is -0.480 e. The third kappa shape index (κ3) is 2.86. The van der Waals surface area contributed by atoms with Gasteiger partial charge < -0.3 is 15.7 Å². The summed E-state index contributed by atoms with van der Waals surface area (Å²) >= 11 is 3.16. The van der Waals surface area contributed by atoms with Crippen molar-refractivity contribution in [2.24, 2.45) is 0 Å². The Morgan fingerprint density at radius 3 is 2.58 bits per heavy atom. The molecule has 0 atom stereocenters. The van der Waals surface area contributed by atoms with Crippen LogP contribution in [-0.4, -0.2) is 22.6 Å². The van der Waals surface area contributed by atoms with Crippen molar-refractivity contribution in [3.63, 3.8) is 0 Å². The van der Waals surface area contributed by atoms with Crippen LogP contribution in [0.3, 0.4) is 0 Å². The second-order valence-electron chi connectivity index (χ2n) is 4.44. The van der Waals surface area contributed by atoms with Crippen molar-refractivity contribution < 1.29 is 19.1 Å². The molecule has 0 aliphatic heterocycles. The summed E-state index contributed by atoms with van der Waals surface area (Å²) in [6.45, 7) is 0. The second kappa shape index (κ2) is 5.16. The molecule has 19 heavy (non-hydrogen) atoms. The fourth-order valence-electron chi connectivity index (χ4n) is 1.89. The average molecular weight is 331 g/mol. The molecule has 3 N–H and O–H groups in total. The molecule has 0 heterocycles. The van der Waals surface area contributed by atoms with E-state index < -0.39 is 23.4 Å². The van der Waals surface area contributed by atoms with Crippen molar-refractivity contribution in [1.29, 1.82) is 0 Å². The third-order valence-electron chi connectivity index (χ3n) is 3.15. The van der Waals surface area contributed by atoms with E-state index in [1.54, 1.807) is 0 Å². The van der Waals surface area contributed by atoms with Gasteiger partial charge in [0.05, 0.1) is 5.69 Å². The molecule has 1 aliphatic rings. The number of benzene rings is 1. The minimum absolute atomic E-state index is 0.00765. The van der Waals surface area contributed by atoms with Crippen LogP contribution in [0.4, 0.5) is 14.9 Å². The van der Waals surface area contributed by atoms with Crippen LogP contribution in [0, 0.1) is 5.82 Å². The Bertz CT molecular complexity index is 532. The van der Waals surface area contributed by atoms with E-state index in [1.165, 1.54) is 18.2 Å².